The van der Waals surface area contributed by atoms with Crippen LogP contribution in [0.4, 0.5) is 0 Å². The second-order valence-electron chi connectivity index (χ2n) is 2.96. The van der Waals surface area contributed by atoms with Gasteiger partial charge in [-0.05, 0) is 25.5 Å². The standard InChI is InChI=1S/C10H13NO/c1-7-5-9(6-11)3-4-10(7)8(2)12/h3-5H,6,11H2,1-2H3/p+1. The third kappa shape index (κ3) is 1.71. The van der Waals surface area contributed by atoms with Gasteiger partial charge in [0, 0.05) is 11.1 Å². The molecule has 0 bridgehead atoms. The van der Waals surface area contributed by atoms with Crippen LogP contribution in [0.5, 0.6) is 0 Å². The Hall–Kier alpha value is -1.15. The zero-order valence-corrected chi connectivity index (χ0v) is 7.55. The van der Waals surface area contributed by atoms with E-state index in [0.29, 0.717) is 0 Å². The minimum absolute atomic E-state index is 0.128. The molecule has 2 heteroatoms. The lowest BCUT2D eigenvalue weighted by molar-refractivity contribution is -0.386. The zero-order valence-electron chi connectivity index (χ0n) is 7.55. The van der Waals surface area contributed by atoms with E-state index in [1.807, 2.05) is 25.1 Å². The molecule has 64 valence electrons. The van der Waals surface area contributed by atoms with Crippen molar-refractivity contribution in [1.82, 2.24) is 0 Å². The van der Waals surface area contributed by atoms with Crippen LogP contribution in [0.2, 0.25) is 0 Å². The number of benzene rings is 1. The maximum Gasteiger partial charge on any atom is 0.160 e. The lowest BCUT2D eigenvalue weighted by Crippen LogP contribution is -2.47. The topological polar surface area (TPSA) is 44.7 Å². The molecule has 0 spiro atoms. The lowest BCUT2D eigenvalue weighted by Gasteiger charge is -2.02. The number of hydrogen-bond acceptors (Lipinski definition) is 1. The van der Waals surface area contributed by atoms with Crippen molar-refractivity contribution in [2.24, 2.45) is 0 Å². The minimum atomic E-state index is 0.128. The SMILES string of the molecule is CC(=O)c1ccc(C[NH3+])cc1C. The summed E-state index contributed by atoms with van der Waals surface area (Å²) in [7, 11) is 0. The summed E-state index contributed by atoms with van der Waals surface area (Å²) in [6, 6.07) is 5.85. The Balaban J connectivity index is 3.12. The fourth-order valence-electron chi connectivity index (χ4n) is 1.28. The van der Waals surface area contributed by atoms with Gasteiger partial charge in [-0.1, -0.05) is 12.1 Å². The van der Waals surface area contributed by atoms with Gasteiger partial charge >= 0.3 is 0 Å². The van der Waals surface area contributed by atoms with Crippen LogP contribution in [0.3, 0.4) is 0 Å². The molecule has 0 saturated carbocycles. The summed E-state index contributed by atoms with van der Waals surface area (Å²) in [5.41, 5.74) is 6.82. The van der Waals surface area contributed by atoms with Gasteiger partial charge in [-0.15, -0.1) is 0 Å². The van der Waals surface area contributed by atoms with Gasteiger partial charge in [-0.25, -0.2) is 0 Å². The van der Waals surface area contributed by atoms with E-state index >= 15 is 0 Å². The number of aryl methyl sites for hydroxylation is 1. The van der Waals surface area contributed by atoms with Gasteiger partial charge in [-0.3, -0.25) is 4.79 Å². The van der Waals surface area contributed by atoms with E-state index in [1.165, 1.54) is 5.56 Å². The van der Waals surface area contributed by atoms with Gasteiger partial charge in [0.05, 0.1) is 6.54 Å². The van der Waals surface area contributed by atoms with Crippen LogP contribution in [-0.2, 0) is 6.54 Å². The monoisotopic (exact) mass is 164 g/mol. The third-order valence-electron chi connectivity index (χ3n) is 1.96. The van der Waals surface area contributed by atoms with E-state index in [1.54, 1.807) is 6.92 Å². The van der Waals surface area contributed by atoms with Crippen molar-refractivity contribution in [2.45, 2.75) is 20.4 Å². The zero-order chi connectivity index (χ0) is 9.14. The first-order chi connectivity index (χ1) is 5.65. The van der Waals surface area contributed by atoms with Crippen LogP contribution < -0.4 is 5.73 Å². The van der Waals surface area contributed by atoms with E-state index in [9.17, 15) is 4.79 Å². The maximum absolute atomic E-state index is 11.1. The second-order valence-corrected chi connectivity index (χ2v) is 2.96. The van der Waals surface area contributed by atoms with E-state index in [-0.39, 0.29) is 5.78 Å². The molecule has 0 aliphatic rings. The Morgan fingerprint density at radius 3 is 2.58 bits per heavy atom. The van der Waals surface area contributed by atoms with Gasteiger partial charge < -0.3 is 5.73 Å². The predicted molar refractivity (Wildman–Crippen MR) is 47.8 cm³/mol. The largest absolute Gasteiger partial charge is 0.354 e. The highest BCUT2D eigenvalue weighted by atomic mass is 16.1. The third-order valence-corrected chi connectivity index (χ3v) is 1.96. The molecule has 0 aliphatic carbocycles. The molecule has 2 nitrogen and oxygen atoms in total. The molecule has 0 unspecified atom stereocenters. The van der Waals surface area contributed by atoms with Crippen molar-refractivity contribution < 1.29 is 10.5 Å². The van der Waals surface area contributed by atoms with Crippen LogP contribution in [0.15, 0.2) is 18.2 Å². The number of hydrogen-bond donors (Lipinski definition) is 1. The first-order valence-electron chi connectivity index (χ1n) is 4.05. The van der Waals surface area contributed by atoms with Crippen molar-refractivity contribution in [1.29, 1.82) is 0 Å². The lowest BCUT2D eigenvalue weighted by atomic mass is 10.0. The van der Waals surface area contributed by atoms with E-state index in [4.69, 9.17) is 0 Å². The summed E-state index contributed by atoms with van der Waals surface area (Å²) in [6.07, 6.45) is 0. The Kier molecular flexibility index (Phi) is 2.61. The first kappa shape index (κ1) is 8.94. The molecule has 0 aliphatic heterocycles. The van der Waals surface area contributed by atoms with E-state index in [0.717, 1.165) is 17.7 Å². The molecule has 0 fully saturated rings. The number of carbonyl (C=O) groups is 1. The molecule has 1 rings (SSSR count). The summed E-state index contributed by atoms with van der Waals surface area (Å²) in [6.45, 7) is 4.32. The second kappa shape index (κ2) is 3.50. The first-order valence-corrected chi connectivity index (χ1v) is 4.05. The van der Waals surface area contributed by atoms with Gasteiger partial charge in [0.25, 0.3) is 0 Å². The number of rotatable bonds is 2. The van der Waals surface area contributed by atoms with Crippen molar-refractivity contribution >= 4 is 5.78 Å². The smallest absolute Gasteiger partial charge is 0.160 e. The average molecular weight is 164 g/mol. The Bertz CT molecular complexity index is 305. The number of carbonyl (C=O) groups excluding carboxylic acids is 1. The summed E-state index contributed by atoms with van der Waals surface area (Å²) < 4.78 is 0. The maximum atomic E-state index is 11.1. The number of quaternary nitrogens is 1. The van der Waals surface area contributed by atoms with Crippen LogP contribution in [0.25, 0.3) is 0 Å². The minimum Gasteiger partial charge on any atom is -0.354 e. The molecule has 12 heavy (non-hydrogen) atoms. The fourth-order valence-corrected chi connectivity index (χ4v) is 1.28. The number of Topliss-reactive ketones (excluding diaryl/α,β-unsaturated/α-hetero) is 1. The van der Waals surface area contributed by atoms with E-state index < -0.39 is 0 Å². The highest BCUT2D eigenvalue weighted by Crippen LogP contribution is 2.10. The van der Waals surface area contributed by atoms with Crippen LogP contribution in [0.1, 0.15) is 28.4 Å². The molecule has 0 saturated heterocycles. The Morgan fingerprint density at radius 2 is 2.17 bits per heavy atom. The molecule has 3 N–H and O–H groups in total. The fraction of sp³-hybridized carbons (Fsp3) is 0.300. The van der Waals surface area contributed by atoms with E-state index in [2.05, 4.69) is 5.73 Å². The number of ketones is 1. The normalized spacial score (nSPS) is 9.92. The molecule has 0 atom stereocenters. The molecular weight excluding hydrogens is 150 g/mol. The van der Waals surface area contributed by atoms with Crippen LogP contribution >= 0.6 is 0 Å². The van der Waals surface area contributed by atoms with Gasteiger partial charge in [0.2, 0.25) is 0 Å². The molecule has 0 aromatic heterocycles. The van der Waals surface area contributed by atoms with Crippen molar-refractivity contribution in [3.63, 3.8) is 0 Å². The average Bonchev–Trinajstić information content (AvgIpc) is 2.03. The molecule has 0 radical (unpaired) electrons. The molecule has 0 amide bonds. The quantitative estimate of drug-likeness (QED) is 0.649. The molecule has 1 aromatic rings. The molecule has 1 aromatic carbocycles. The van der Waals surface area contributed by atoms with Gasteiger partial charge in [-0.2, -0.15) is 0 Å². The highest BCUT2D eigenvalue weighted by molar-refractivity contribution is 5.95. The van der Waals surface area contributed by atoms with Crippen LogP contribution in [-0.4, -0.2) is 5.78 Å². The Labute approximate surface area is 72.4 Å². The summed E-state index contributed by atoms with van der Waals surface area (Å²) in [4.78, 5) is 11.1. The highest BCUT2D eigenvalue weighted by Gasteiger charge is 2.03. The van der Waals surface area contributed by atoms with Gasteiger partial charge in [0.15, 0.2) is 5.78 Å². The summed E-state index contributed by atoms with van der Waals surface area (Å²) in [5.74, 6) is 0.128. The summed E-state index contributed by atoms with van der Waals surface area (Å²) >= 11 is 0. The predicted octanol–water partition coefficient (Wildman–Crippen LogP) is 0.940. The Morgan fingerprint density at radius 1 is 1.50 bits per heavy atom. The summed E-state index contributed by atoms with van der Waals surface area (Å²) in [5, 5.41) is 0. The molecular formula is C10H14NO+. The molecule has 0 heterocycles. The van der Waals surface area contributed by atoms with Gasteiger partial charge in [0.1, 0.15) is 0 Å². The van der Waals surface area contributed by atoms with Crippen molar-refractivity contribution in [3.8, 4) is 0 Å². The van der Waals surface area contributed by atoms with Crippen LogP contribution in [0, 0.1) is 6.92 Å². The van der Waals surface area contributed by atoms with Crippen molar-refractivity contribution in [2.75, 3.05) is 0 Å². The van der Waals surface area contributed by atoms with Crippen molar-refractivity contribution in [3.05, 3.63) is 34.9 Å².